The first kappa shape index (κ1) is 18.5. The minimum absolute atomic E-state index is 0.173. The average molecular weight is 374 g/mol. The highest BCUT2D eigenvalue weighted by Crippen LogP contribution is 2.18. The molecule has 2 aromatic rings. The van der Waals surface area contributed by atoms with Crippen molar-refractivity contribution in [1.29, 1.82) is 0 Å². The first-order chi connectivity index (χ1) is 12.4. The summed E-state index contributed by atoms with van der Waals surface area (Å²) in [6.07, 6.45) is 5.57. The van der Waals surface area contributed by atoms with Gasteiger partial charge < -0.3 is 4.90 Å². The number of hydrogen-bond donors (Lipinski definition) is 1. The van der Waals surface area contributed by atoms with Gasteiger partial charge in [0.15, 0.2) is 0 Å². The summed E-state index contributed by atoms with van der Waals surface area (Å²) in [4.78, 5) is 22.3. The molecule has 0 aliphatic carbocycles. The molecule has 1 N–H and O–H groups in total. The van der Waals surface area contributed by atoms with Gasteiger partial charge in [-0.05, 0) is 49.9 Å². The van der Waals surface area contributed by atoms with E-state index in [1.165, 1.54) is 18.6 Å². The summed E-state index contributed by atoms with van der Waals surface area (Å²) in [7, 11) is -3.56. The van der Waals surface area contributed by atoms with Crippen LogP contribution in [-0.4, -0.2) is 48.3 Å². The highest BCUT2D eigenvalue weighted by molar-refractivity contribution is 7.89. The molecule has 0 spiro atoms. The van der Waals surface area contributed by atoms with E-state index < -0.39 is 10.0 Å². The molecule has 0 bridgehead atoms. The van der Waals surface area contributed by atoms with Gasteiger partial charge in [0.1, 0.15) is 5.69 Å². The second-order valence-corrected chi connectivity index (χ2v) is 8.24. The zero-order valence-electron chi connectivity index (χ0n) is 14.8. The number of aromatic nitrogens is 2. The van der Waals surface area contributed by atoms with Crippen LogP contribution >= 0.6 is 0 Å². The van der Waals surface area contributed by atoms with Gasteiger partial charge in [-0.15, -0.1) is 0 Å². The van der Waals surface area contributed by atoms with Gasteiger partial charge >= 0.3 is 0 Å². The highest BCUT2D eigenvalue weighted by Gasteiger charge is 2.27. The summed E-state index contributed by atoms with van der Waals surface area (Å²) in [5, 5.41) is 0. The Hall–Kier alpha value is -2.32. The number of aryl methyl sites for hydroxylation is 2. The summed E-state index contributed by atoms with van der Waals surface area (Å²) >= 11 is 0. The average Bonchev–Trinajstić information content (AvgIpc) is 2.64. The minimum Gasteiger partial charge on any atom is -0.337 e. The third-order valence-corrected chi connectivity index (χ3v) is 6.19. The number of benzene rings is 1. The number of amides is 1. The number of rotatable bonds is 4. The molecule has 1 saturated heterocycles. The minimum atomic E-state index is -3.56. The first-order valence-electron chi connectivity index (χ1n) is 8.52. The normalized spacial score (nSPS) is 15.8. The van der Waals surface area contributed by atoms with Crippen LogP contribution in [-0.2, 0) is 10.0 Å². The van der Waals surface area contributed by atoms with Crippen molar-refractivity contribution in [2.45, 2.75) is 37.6 Å². The number of hydrogen-bond acceptors (Lipinski definition) is 5. The van der Waals surface area contributed by atoms with Gasteiger partial charge in [0.05, 0.1) is 11.1 Å². The fourth-order valence-electron chi connectivity index (χ4n) is 2.94. The molecule has 1 aromatic heterocycles. The zero-order valence-corrected chi connectivity index (χ0v) is 15.7. The molecule has 0 saturated carbocycles. The molecular weight excluding hydrogens is 352 g/mol. The summed E-state index contributed by atoms with van der Waals surface area (Å²) in [5.41, 5.74) is 2.30. The van der Waals surface area contributed by atoms with Crippen LogP contribution in [0.3, 0.4) is 0 Å². The molecule has 7 nitrogen and oxygen atoms in total. The van der Waals surface area contributed by atoms with E-state index in [2.05, 4.69) is 14.7 Å². The van der Waals surface area contributed by atoms with E-state index >= 15 is 0 Å². The number of carbonyl (C=O) groups is 1. The van der Waals surface area contributed by atoms with Gasteiger partial charge in [0, 0.05) is 31.5 Å². The largest absolute Gasteiger partial charge is 0.337 e. The lowest BCUT2D eigenvalue weighted by molar-refractivity contribution is 0.0705. The standard InChI is InChI=1S/C18H22N4O3S/c1-13-3-4-16(11-14(13)2)26(24,25)21-15-5-9-22(10-6-15)18(23)17-12-19-7-8-20-17/h3-4,7-8,11-12,15,21H,5-6,9-10H2,1-2H3. The fraction of sp³-hybridized carbons (Fsp3) is 0.389. The Morgan fingerprint density at radius 1 is 1.15 bits per heavy atom. The van der Waals surface area contributed by atoms with Crippen LogP contribution in [0.25, 0.3) is 0 Å². The van der Waals surface area contributed by atoms with Gasteiger partial charge in [-0.1, -0.05) is 6.07 Å². The third-order valence-electron chi connectivity index (χ3n) is 4.67. The fourth-order valence-corrected chi connectivity index (χ4v) is 4.33. The highest BCUT2D eigenvalue weighted by atomic mass is 32.2. The van der Waals surface area contributed by atoms with Crippen molar-refractivity contribution in [3.8, 4) is 0 Å². The molecule has 1 amide bonds. The second kappa shape index (κ2) is 7.51. The Balaban J connectivity index is 1.61. The van der Waals surface area contributed by atoms with E-state index in [4.69, 9.17) is 0 Å². The third kappa shape index (κ3) is 4.08. The Morgan fingerprint density at radius 2 is 1.88 bits per heavy atom. The van der Waals surface area contributed by atoms with Gasteiger partial charge in [0.2, 0.25) is 10.0 Å². The Morgan fingerprint density at radius 3 is 2.50 bits per heavy atom. The molecule has 1 aliphatic heterocycles. The van der Waals surface area contributed by atoms with E-state index in [9.17, 15) is 13.2 Å². The van der Waals surface area contributed by atoms with Crippen LogP contribution in [0.15, 0.2) is 41.7 Å². The van der Waals surface area contributed by atoms with E-state index in [-0.39, 0.29) is 16.8 Å². The lowest BCUT2D eigenvalue weighted by Crippen LogP contribution is -2.46. The first-order valence-corrected chi connectivity index (χ1v) is 10.00. The van der Waals surface area contributed by atoms with Crippen LogP contribution in [0.1, 0.15) is 34.5 Å². The Labute approximate surface area is 153 Å². The van der Waals surface area contributed by atoms with Gasteiger partial charge in [-0.25, -0.2) is 18.1 Å². The lowest BCUT2D eigenvalue weighted by Gasteiger charge is -2.32. The molecule has 3 rings (SSSR count). The maximum atomic E-state index is 12.6. The number of nitrogens with zero attached hydrogens (tertiary/aromatic N) is 3. The monoisotopic (exact) mass is 374 g/mol. The Bertz CT molecular complexity index is 892. The van der Waals surface area contributed by atoms with Crippen molar-refractivity contribution in [2.75, 3.05) is 13.1 Å². The Kier molecular flexibility index (Phi) is 5.33. The van der Waals surface area contributed by atoms with Gasteiger partial charge in [-0.2, -0.15) is 0 Å². The van der Waals surface area contributed by atoms with Crippen LogP contribution in [0.4, 0.5) is 0 Å². The number of carbonyl (C=O) groups excluding carboxylic acids is 1. The number of piperidine rings is 1. The topological polar surface area (TPSA) is 92.3 Å². The van der Waals surface area contributed by atoms with Crippen molar-refractivity contribution in [1.82, 2.24) is 19.6 Å². The molecule has 138 valence electrons. The molecule has 8 heteroatoms. The van der Waals surface area contributed by atoms with Gasteiger partial charge in [0.25, 0.3) is 5.91 Å². The van der Waals surface area contributed by atoms with Crippen molar-refractivity contribution >= 4 is 15.9 Å². The molecule has 0 radical (unpaired) electrons. The molecule has 1 aliphatic rings. The van der Waals surface area contributed by atoms with Crippen LogP contribution in [0.2, 0.25) is 0 Å². The second-order valence-electron chi connectivity index (χ2n) is 6.52. The number of nitrogens with one attached hydrogen (secondary N) is 1. The van der Waals surface area contributed by atoms with E-state index in [0.29, 0.717) is 31.6 Å². The summed E-state index contributed by atoms with van der Waals surface area (Å²) in [6, 6.07) is 4.93. The summed E-state index contributed by atoms with van der Waals surface area (Å²) in [5.74, 6) is -0.173. The molecular formula is C18H22N4O3S. The maximum absolute atomic E-state index is 12.6. The van der Waals surface area contributed by atoms with E-state index in [0.717, 1.165) is 11.1 Å². The van der Waals surface area contributed by atoms with Crippen molar-refractivity contribution in [2.24, 2.45) is 0 Å². The van der Waals surface area contributed by atoms with Crippen LogP contribution < -0.4 is 4.72 Å². The predicted molar refractivity (Wildman–Crippen MR) is 97.2 cm³/mol. The van der Waals surface area contributed by atoms with Crippen molar-refractivity contribution in [3.63, 3.8) is 0 Å². The zero-order chi connectivity index (χ0) is 18.7. The van der Waals surface area contributed by atoms with E-state index in [1.807, 2.05) is 19.9 Å². The van der Waals surface area contributed by atoms with Crippen molar-refractivity contribution in [3.05, 3.63) is 53.6 Å². The molecule has 1 aromatic carbocycles. The smallest absolute Gasteiger partial charge is 0.274 e. The van der Waals surface area contributed by atoms with Crippen LogP contribution in [0.5, 0.6) is 0 Å². The van der Waals surface area contributed by atoms with Crippen LogP contribution in [0, 0.1) is 13.8 Å². The quantitative estimate of drug-likeness (QED) is 0.879. The van der Waals surface area contributed by atoms with Gasteiger partial charge in [-0.3, -0.25) is 9.78 Å². The molecule has 26 heavy (non-hydrogen) atoms. The van der Waals surface area contributed by atoms with Crippen molar-refractivity contribution < 1.29 is 13.2 Å². The molecule has 0 atom stereocenters. The number of sulfonamides is 1. The summed E-state index contributed by atoms with van der Waals surface area (Å²) in [6.45, 7) is 4.80. The molecule has 1 fully saturated rings. The molecule has 0 unspecified atom stereocenters. The predicted octanol–water partition coefficient (Wildman–Crippen LogP) is 1.68. The van der Waals surface area contributed by atoms with E-state index in [1.54, 1.807) is 17.0 Å². The summed E-state index contributed by atoms with van der Waals surface area (Å²) < 4.78 is 27.9. The lowest BCUT2D eigenvalue weighted by atomic mass is 10.1. The SMILES string of the molecule is Cc1ccc(S(=O)(=O)NC2CCN(C(=O)c3cnccn3)CC2)cc1C. The number of likely N-dealkylation sites (tertiary alicyclic amines) is 1. The maximum Gasteiger partial charge on any atom is 0.274 e. The molecule has 2 heterocycles.